The van der Waals surface area contributed by atoms with Gasteiger partial charge in [0, 0.05) is 6.54 Å². The third-order valence-electron chi connectivity index (χ3n) is 3.40. The van der Waals surface area contributed by atoms with Crippen LogP contribution in [0.4, 0.5) is 0 Å². The molecule has 0 aromatic heterocycles. The Morgan fingerprint density at radius 1 is 1.29 bits per heavy atom. The first-order valence-electron chi connectivity index (χ1n) is 5.96. The maximum atomic E-state index is 5.91. The van der Waals surface area contributed by atoms with Crippen molar-refractivity contribution < 1.29 is 4.74 Å². The molecule has 1 aromatic carbocycles. The molecule has 0 aliphatic heterocycles. The highest BCUT2D eigenvalue weighted by Gasteiger charge is 2.26. The molecule has 0 spiro atoms. The van der Waals surface area contributed by atoms with Gasteiger partial charge in [0.2, 0.25) is 0 Å². The first-order chi connectivity index (χ1) is 7.89. The highest BCUT2D eigenvalue weighted by atomic mass is 16.5. The van der Waals surface area contributed by atoms with Crippen LogP contribution in [-0.4, -0.2) is 37.7 Å². The van der Waals surface area contributed by atoms with E-state index in [1.165, 1.54) is 5.56 Å². The molecule has 96 valence electrons. The lowest BCUT2D eigenvalue weighted by atomic mass is 10.0. The molecule has 1 aromatic rings. The van der Waals surface area contributed by atoms with Gasteiger partial charge in [-0.2, -0.15) is 0 Å². The summed E-state index contributed by atoms with van der Waals surface area (Å²) in [5, 5.41) is 0. The second-order valence-corrected chi connectivity index (χ2v) is 5.15. The molecule has 0 heterocycles. The third-order valence-corrected chi connectivity index (χ3v) is 3.40. The van der Waals surface area contributed by atoms with E-state index in [9.17, 15) is 0 Å². The second kappa shape index (κ2) is 5.52. The van der Waals surface area contributed by atoms with Crippen LogP contribution in [0.2, 0.25) is 0 Å². The summed E-state index contributed by atoms with van der Waals surface area (Å²) < 4.78 is 5.91. The Kier molecular flexibility index (Phi) is 4.54. The molecule has 3 heteroatoms. The molecule has 0 fully saturated rings. The maximum Gasteiger partial charge on any atom is 0.122 e. The van der Waals surface area contributed by atoms with E-state index in [2.05, 4.69) is 43.9 Å². The normalized spacial score (nSPS) is 14.8. The molecule has 0 amide bonds. The SMILES string of the molecule is Cc1ccc(C)c(OCC(C)(CN)N(C)C)c1. The number of nitrogens with two attached hydrogens (primary N) is 1. The van der Waals surface area contributed by atoms with Gasteiger partial charge >= 0.3 is 0 Å². The zero-order chi connectivity index (χ0) is 13.1. The number of hydrogen-bond donors (Lipinski definition) is 1. The molecule has 2 N–H and O–H groups in total. The van der Waals surface area contributed by atoms with E-state index in [4.69, 9.17) is 10.5 Å². The van der Waals surface area contributed by atoms with Crippen molar-refractivity contribution in [3.63, 3.8) is 0 Å². The largest absolute Gasteiger partial charge is 0.491 e. The van der Waals surface area contributed by atoms with E-state index >= 15 is 0 Å². The average Bonchev–Trinajstić information content (AvgIpc) is 2.29. The Labute approximate surface area is 105 Å². The van der Waals surface area contributed by atoms with E-state index in [-0.39, 0.29) is 5.54 Å². The van der Waals surface area contributed by atoms with Crippen LogP contribution in [0.25, 0.3) is 0 Å². The van der Waals surface area contributed by atoms with Gasteiger partial charge in [-0.05, 0) is 52.1 Å². The molecule has 0 saturated carbocycles. The number of rotatable bonds is 5. The van der Waals surface area contributed by atoms with Crippen LogP contribution < -0.4 is 10.5 Å². The van der Waals surface area contributed by atoms with Crippen molar-refractivity contribution in [1.29, 1.82) is 0 Å². The van der Waals surface area contributed by atoms with E-state index in [1.807, 2.05) is 14.1 Å². The van der Waals surface area contributed by atoms with Crippen molar-refractivity contribution in [3.8, 4) is 5.75 Å². The number of benzene rings is 1. The Balaban J connectivity index is 2.75. The molecule has 0 radical (unpaired) electrons. The summed E-state index contributed by atoms with van der Waals surface area (Å²) in [6.07, 6.45) is 0. The lowest BCUT2D eigenvalue weighted by Gasteiger charge is -2.35. The second-order valence-electron chi connectivity index (χ2n) is 5.15. The lowest BCUT2D eigenvalue weighted by molar-refractivity contribution is 0.104. The number of likely N-dealkylation sites (N-methyl/N-ethyl adjacent to an activating group) is 1. The molecule has 0 aliphatic rings. The molecule has 1 unspecified atom stereocenters. The van der Waals surface area contributed by atoms with Crippen LogP contribution in [0, 0.1) is 13.8 Å². The van der Waals surface area contributed by atoms with Gasteiger partial charge in [-0.25, -0.2) is 0 Å². The number of ether oxygens (including phenoxy) is 1. The van der Waals surface area contributed by atoms with Gasteiger partial charge in [0.25, 0.3) is 0 Å². The average molecular weight is 236 g/mol. The zero-order valence-corrected chi connectivity index (χ0v) is 11.6. The summed E-state index contributed by atoms with van der Waals surface area (Å²) in [7, 11) is 4.05. The number of nitrogens with zero attached hydrogens (tertiary/aromatic N) is 1. The first kappa shape index (κ1) is 14.0. The van der Waals surface area contributed by atoms with Crippen LogP contribution in [0.15, 0.2) is 18.2 Å². The smallest absolute Gasteiger partial charge is 0.122 e. The molecule has 1 atom stereocenters. The molecule has 0 bridgehead atoms. The third kappa shape index (κ3) is 3.45. The summed E-state index contributed by atoms with van der Waals surface area (Å²) in [6, 6.07) is 6.25. The van der Waals surface area contributed by atoms with Gasteiger partial charge in [0.1, 0.15) is 12.4 Å². The molecule has 0 aliphatic carbocycles. The van der Waals surface area contributed by atoms with Crippen molar-refractivity contribution in [2.45, 2.75) is 26.3 Å². The molecule has 17 heavy (non-hydrogen) atoms. The fourth-order valence-electron chi connectivity index (χ4n) is 1.47. The lowest BCUT2D eigenvalue weighted by Crippen LogP contribution is -2.52. The summed E-state index contributed by atoms with van der Waals surface area (Å²) in [6.45, 7) is 7.41. The van der Waals surface area contributed by atoms with E-state index in [1.54, 1.807) is 0 Å². The summed E-state index contributed by atoms with van der Waals surface area (Å²) >= 11 is 0. The van der Waals surface area contributed by atoms with Gasteiger partial charge in [-0.15, -0.1) is 0 Å². The van der Waals surface area contributed by atoms with Crippen molar-refractivity contribution in [2.24, 2.45) is 5.73 Å². The van der Waals surface area contributed by atoms with Crippen molar-refractivity contribution in [3.05, 3.63) is 29.3 Å². The van der Waals surface area contributed by atoms with Crippen LogP contribution >= 0.6 is 0 Å². The van der Waals surface area contributed by atoms with E-state index in [0.717, 1.165) is 11.3 Å². The molecule has 3 nitrogen and oxygen atoms in total. The topological polar surface area (TPSA) is 38.5 Å². The predicted octanol–water partition coefficient (Wildman–Crippen LogP) is 1.96. The van der Waals surface area contributed by atoms with E-state index < -0.39 is 0 Å². The number of hydrogen-bond acceptors (Lipinski definition) is 3. The summed E-state index contributed by atoms with van der Waals surface area (Å²) in [4.78, 5) is 2.11. The predicted molar refractivity (Wildman–Crippen MR) is 72.6 cm³/mol. The van der Waals surface area contributed by atoms with Gasteiger partial charge in [0.15, 0.2) is 0 Å². The van der Waals surface area contributed by atoms with Crippen LogP contribution in [-0.2, 0) is 0 Å². The minimum Gasteiger partial charge on any atom is -0.491 e. The van der Waals surface area contributed by atoms with Crippen LogP contribution in [0.3, 0.4) is 0 Å². The number of aryl methyl sites for hydroxylation is 2. The highest BCUT2D eigenvalue weighted by Crippen LogP contribution is 2.21. The molecular weight excluding hydrogens is 212 g/mol. The minimum atomic E-state index is -0.129. The Hall–Kier alpha value is -1.06. The van der Waals surface area contributed by atoms with Gasteiger partial charge in [0.05, 0.1) is 5.54 Å². The van der Waals surface area contributed by atoms with Gasteiger partial charge in [-0.1, -0.05) is 12.1 Å². The summed E-state index contributed by atoms with van der Waals surface area (Å²) in [5.74, 6) is 0.950. The quantitative estimate of drug-likeness (QED) is 0.849. The van der Waals surface area contributed by atoms with Crippen molar-refractivity contribution >= 4 is 0 Å². The van der Waals surface area contributed by atoms with E-state index in [0.29, 0.717) is 13.2 Å². The Morgan fingerprint density at radius 2 is 1.94 bits per heavy atom. The fraction of sp³-hybridized carbons (Fsp3) is 0.571. The van der Waals surface area contributed by atoms with Crippen molar-refractivity contribution in [2.75, 3.05) is 27.2 Å². The summed E-state index contributed by atoms with van der Waals surface area (Å²) in [5.41, 5.74) is 8.06. The van der Waals surface area contributed by atoms with Crippen LogP contribution in [0.1, 0.15) is 18.1 Å². The Morgan fingerprint density at radius 3 is 2.47 bits per heavy atom. The standard InChI is InChI=1S/C14H24N2O/c1-11-6-7-12(2)13(8-11)17-10-14(3,9-15)16(4)5/h6-8H,9-10,15H2,1-5H3. The van der Waals surface area contributed by atoms with Gasteiger partial charge < -0.3 is 10.5 Å². The Bertz CT molecular complexity index is 376. The molecule has 0 saturated heterocycles. The highest BCUT2D eigenvalue weighted by molar-refractivity contribution is 5.36. The monoisotopic (exact) mass is 236 g/mol. The molecular formula is C14H24N2O. The first-order valence-corrected chi connectivity index (χ1v) is 5.96. The minimum absolute atomic E-state index is 0.129. The van der Waals surface area contributed by atoms with Crippen molar-refractivity contribution in [1.82, 2.24) is 4.90 Å². The zero-order valence-electron chi connectivity index (χ0n) is 11.6. The van der Waals surface area contributed by atoms with Crippen LogP contribution in [0.5, 0.6) is 5.75 Å². The molecule has 1 rings (SSSR count). The van der Waals surface area contributed by atoms with Gasteiger partial charge in [-0.3, -0.25) is 4.90 Å². The fourth-order valence-corrected chi connectivity index (χ4v) is 1.47. The maximum absolute atomic E-state index is 5.91.